The van der Waals surface area contributed by atoms with E-state index in [1.807, 2.05) is 12.3 Å². The van der Waals surface area contributed by atoms with Crippen molar-refractivity contribution in [3.05, 3.63) is 70.2 Å². The topological polar surface area (TPSA) is 97.4 Å². The van der Waals surface area contributed by atoms with E-state index in [1.54, 1.807) is 59.9 Å². The molecule has 0 atom stereocenters. The summed E-state index contributed by atoms with van der Waals surface area (Å²) in [5, 5.41) is 5.69. The second-order valence-electron chi connectivity index (χ2n) is 6.08. The molecule has 0 aliphatic carbocycles. The van der Waals surface area contributed by atoms with E-state index < -0.39 is 10.0 Å². The van der Waals surface area contributed by atoms with Gasteiger partial charge in [-0.2, -0.15) is 0 Å². The number of anilines is 2. The fourth-order valence-electron chi connectivity index (χ4n) is 2.40. The Kier molecular flexibility index (Phi) is 5.96. The number of nitrogens with one attached hydrogen (secondary N) is 2. The van der Waals surface area contributed by atoms with Crippen molar-refractivity contribution in [2.45, 2.75) is 13.5 Å². The molecule has 0 unspecified atom stereocenters. The maximum absolute atomic E-state index is 12.5. The number of aryl methyl sites for hydroxylation is 1. The first-order valence-corrected chi connectivity index (χ1v) is 11.1. The zero-order chi connectivity index (χ0) is 20.1. The Bertz CT molecular complexity index is 1080. The summed E-state index contributed by atoms with van der Waals surface area (Å²) in [6.45, 7) is 2.27. The van der Waals surface area contributed by atoms with Gasteiger partial charge in [-0.15, -0.1) is 11.3 Å². The van der Waals surface area contributed by atoms with Crippen LogP contribution in [0.25, 0.3) is 0 Å². The number of benzene rings is 2. The molecule has 3 rings (SSSR count). The molecule has 0 aliphatic rings. The van der Waals surface area contributed by atoms with E-state index in [9.17, 15) is 13.2 Å². The van der Waals surface area contributed by atoms with Crippen LogP contribution in [-0.4, -0.2) is 25.6 Å². The Morgan fingerprint density at radius 3 is 2.50 bits per heavy atom. The molecule has 0 fully saturated rings. The van der Waals surface area contributed by atoms with Crippen LogP contribution < -0.4 is 14.8 Å². The van der Waals surface area contributed by atoms with Crippen molar-refractivity contribution < 1.29 is 17.9 Å². The fraction of sp³-hybridized carbons (Fsp3) is 0.158. The van der Waals surface area contributed by atoms with Crippen molar-refractivity contribution in [3.8, 4) is 5.75 Å². The summed E-state index contributed by atoms with van der Waals surface area (Å²) in [7, 11) is -3.34. The van der Waals surface area contributed by atoms with Gasteiger partial charge in [0.2, 0.25) is 10.0 Å². The summed E-state index contributed by atoms with van der Waals surface area (Å²) in [5.74, 6) is 0.282. The molecule has 0 radical (unpaired) electrons. The second-order valence-corrected chi connectivity index (χ2v) is 8.89. The molecule has 0 aliphatic heterocycles. The number of carbonyl (C=O) groups is 1. The van der Waals surface area contributed by atoms with Gasteiger partial charge in [-0.1, -0.05) is 6.07 Å². The summed E-state index contributed by atoms with van der Waals surface area (Å²) >= 11 is 1.56. The molecule has 146 valence electrons. The third kappa shape index (κ3) is 5.80. The molecule has 7 nitrogen and oxygen atoms in total. The minimum Gasteiger partial charge on any atom is -0.487 e. The number of rotatable bonds is 7. The molecule has 0 spiro atoms. The molecule has 0 saturated heterocycles. The quantitative estimate of drug-likeness (QED) is 0.611. The maximum Gasteiger partial charge on any atom is 0.255 e. The van der Waals surface area contributed by atoms with Crippen LogP contribution in [-0.2, 0) is 16.6 Å². The number of amides is 1. The van der Waals surface area contributed by atoms with Gasteiger partial charge >= 0.3 is 0 Å². The molecule has 1 heterocycles. The molecule has 0 saturated carbocycles. The summed E-state index contributed by atoms with van der Waals surface area (Å²) in [6.07, 6.45) is 1.08. The van der Waals surface area contributed by atoms with E-state index in [0.717, 1.165) is 17.0 Å². The van der Waals surface area contributed by atoms with Gasteiger partial charge in [0.05, 0.1) is 17.0 Å². The molecular formula is C19H19N3O4S2. The zero-order valence-corrected chi connectivity index (χ0v) is 16.9. The highest BCUT2D eigenvalue weighted by molar-refractivity contribution is 7.92. The Morgan fingerprint density at radius 2 is 1.86 bits per heavy atom. The van der Waals surface area contributed by atoms with E-state index in [4.69, 9.17) is 4.74 Å². The van der Waals surface area contributed by atoms with Crippen LogP contribution in [0.1, 0.15) is 21.1 Å². The molecule has 1 amide bonds. The highest BCUT2D eigenvalue weighted by Gasteiger charge is 2.09. The maximum atomic E-state index is 12.5. The minimum absolute atomic E-state index is 0.293. The fourth-order valence-corrected chi connectivity index (χ4v) is 3.56. The molecule has 0 bridgehead atoms. The smallest absolute Gasteiger partial charge is 0.255 e. The van der Waals surface area contributed by atoms with Crippen molar-refractivity contribution in [1.29, 1.82) is 0 Å². The number of hydrogen-bond acceptors (Lipinski definition) is 6. The molecule has 1 aromatic heterocycles. The normalized spacial score (nSPS) is 11.1. The molecule has 3 aromatic rings. The molecular weight excluding hydrogens is 398 g/mol. The lowest BCUT2D eigenvalue weighted by Gasteiger charge is -2.09. The lowest BCUT2D eigenvalue weighted by Crippen LogP contribution is -2.12. The van der Waals surface area contributed by atoms with Crippen molar-refractivity contribution >= 4 is 38.6 Å². The predicted molar refractivity (Wildman–Crippen MR) is 110 cm³/mol. The lowest BCUT2D eigenvalue weighted by molar-refractivity contribution is 0.102. The number of hydrogen-bond donors (Lipinski definition) is 2. The monoisotopic (exact) mass is 417 g/mol. The number of thiazole rings is 1. The highest BCUT2D eigenvalue weighted by atomic mass is 32.2. The largest absolute Gasteiger partial charge is 0.487 e. The van der Waals surface area contributed by atoms with Gasteiger partial charge in [-0.25, -0.2) is 13.4 Å². The van der Waals surface area contributed by atoms with Gasteiger partial charge in [0.25, 0.3) is 5.91 Å². The second kappa shape index (κ2) is 8.41. The van der Waals surface area contributed by atoms with Crippen LogP contribution in [0, 0.1) is 6.92 Å². The van der Waals surface area contributed by atoms with Crippen LogP contribution in [0.2, 0.25) is 0 Å². The van der Waals surface area contributed by atoms with Gasteiger partial charge in [0.1, 0.15) is 12.4 Å². The highest BCUT2D eigenvalue weighted by Crippen LogP contribution is 2.19. The van der Waals surface area contributed by atoms with E-state index in [-0.39, 0.29) is 5.91 Å². The van der Waals surface area contributed by atoms with Gasteiger partial charge < -0.3 is 10.1 Å². The van der Waals surface area contributed by atoms with Crippen LogP contribution in [0.5, 0.6) is 5.75 Å². The Labute approximate surface area is 167 Å². The Hall–Kier alpha value is -2.91. The minimum atomic E-state index is -3.34. The summed E-state index contributed by atoms with van der Waals surface area (Å²) in [4.78, 5) is 16.8. The standard InChI is InChI=1S/C19H19N3O4S2/c1-13-20-17(12-27-13)11-26-18-5-3-4-14(10-18)19(23)21-15-6-8-16(9-7-15)22-28(2,24)25/h3-10,12,22H,11H2,1-2H3,(H,21,23). The van der Waals surface area contributed by atoms with Crippen LogP contribution >= 0.6 is 11.3 Å². The average molecular weight is 418 g/mol. The summed E-state index contributed by atoms with van der Waals surface area (Å²) < 4.78 is 30.5. The van der Waals surface area contributed by atoms with E-state index in [0.29, 0.717) is 29.3 Å². The number of nitrogens with zero attached hydrogens (tertiary/aromatic N) is 1. The summed E-state index contributed by atoms with van der Waals surface area (Å²) in [6, 6.07) is 13.3. The number of sulfonamides is 1. The van der Waals surface area contributed by atoms with Crippen molar-refractivity contribution in [1.82, 2.24) is 4.98 Å². The van der Waals surface area contributed by atoms with Crippen LogP contribution in [0.3, 0.4) is 0 Å². The van der Waals surface area contributed by atoms with Crippen molar-refractivity contribution in [3.63, 3.8) is 0 Å². The molecule has 2 N–H and O–H groups in total. The molecule has 28 heavy (non-hydrogen) atoms. The zero-order valence-electron chi connectivity index (χ0n) is 15.3. The number of aromatic nitrogens is 1. The third-order valence-corrected chi connectivity index (χ3v) is 5.02. The first-order chi connectivity index (χ1) is 13.3. The van der Waals surface area contributed by atoms with Crippen molar-refractivity contribution in [2.75, 3.05) is 16.3 Å². The van der Waals surface area contributed by atoms with Crippen molar-refractivity contribution in [2.24, 2.45) is 0 Å². The van der Waals surface area contributed by atoms with E-state index in [2.05, 4.69) is 15.0 Å². The molecule has 2 aromatic carbocycles. The SMILES string of the molecule is Cc1nc(COc2cccc(C(=O)Nc3ccc(NS(C)(=O)=O)cc3)c2)cs1. The molecule has 9 heteroatoms. The Morgan fingerprint density at radius 1 is 1.14 bits per heavy atom. The van der Waals surface area contributed by atoms with Gasteiger partial charge in [0, 0.05) is 22.3 Å². The van der Waals surface area contributed by atoms with Gasteiger partial charge in [-0.05, 0) is 49.4 Å². The van der Waals surface area contributed by atoms with Gasteiger partial charge in [-0.3, -0.25) is 9.52 Å². The predicted octanol–water partition coefficient (Wildman–Crippen LogP) is 3.65. The number of carbonyl (C=O) groups excluding carboxylic acids is 1. The third-order valence-electron chi connectivity index (χ3n) is 3.60. The first kappa shape index (κ1) is 19.8. The average Bonchev–Trinajstić information content (AvgIpc) is 3.06. The lowest BCUT2D eigenvalue weighted by atomic mass is 10.2. The first-order valence-electron chi connectivity index (χ1n) is 8.31. The summed E-state index contributed by atoms with van der Waals surface area (Å²) in [5.41, 5.74) is 2.27. The van der Waals surface area contributed by atoms with E-state index >= 15 is 0 Å². The van der Waals surface area contributed by atoms with Crippen LogP contribution in [0.15, 0.2) is 53.9 Å². The van der Waals surface area contributed by atoms with Crippen LogP contribution in [0.4, 0.5) is 11.4 Å². The van der Waals surface area contributed by atoms with Gasteiger partial charge in [0.15, 0.2) is 0 Å². The van der Waals surface area contributed by atoms with E-state index in [1.165, 1.54) is 0 Å². The Balaban J connectivity index is 1.62. The number of ether oxygens (including phenoxy) is 1.